The summed E-state index contributed by atoms with van der Waals surface area (Å²) in [5.41, 5.74) is 3.75. The van der Waals surface area contributed by atoms with Crippen LogP contribution in [0.1, 0.15) is 26.3 Å². The van der Waals surface area contributed by atoms with E-state index in [0.717, 1.165) is 44.8 Å². The summed E-state index contributed by atoms with van der Waals surface area (Å²) in [5.74, 6) is 2.14. The van der Waals surface area contributed by atoms with Crippen LogP contribution in [0.4, 0.5) is 10.5 Å². The van der Waals surface area contributed by atoms with Crippen LogP contribution in [0, 0.1) is 0 Å². The number of carbonyl (C=O) groups is 1. The first kappa shape index (κ1) is 37.5. The van der Waals surface area contributed by atoms with Gasteiger partial charge in [0.05, 0.1) is 71.3 Å². The standard InChI is InChI=1S/C36H45ClN4O8/c1-36(2,3)49-35(42)38-12-13-45-14-15-46-16-17-47-18-19-48-33-11-8-27(37)21-30(33)25-7-10-29-31(20-25)41-40-24-32(29)39-23-26-6-9-28(43-4)22-34(26)44-5/h6-11,20-22,24H,12-19,23H2,1-5H3,(H,38,42)(H,39,41). The Morgan fingerprint density at radius 3 is 2.27 bits per heavy atom. The van der Waals surface area contributed by atoms with Crippen LogP contribution in [0.15, 0.2) is 60.8 Å². The second kappa shape index (κ2) is 19.0. The first-order valence-corrected chi connectivity index (χ1v) is 16.4. The fraction of sp³-hybridized carbons (Fsp3) is 0.417. The summed E-state index contributed by atoms with van der Waals surface area (Å²) in [6.45, 7) is 9.11. The van der Waals surface area contributed by atoms with Crippen molar-refractivity contribution < 1.29 is 38.0 Å². The number of ether oxygens (including phenoxy) is 7. The van der Waals surface area contributed by atoms with Gasteiger partial charge in [-0.05, 0) is 68.8 Å². The van der Waals surface area contributed by atoms with Crippen molar-refractivity contribution in [2.24, 2.45) is 0 Å². The van der Waals surface area contributed by atoms with Gasteiger partial charge in [-0.1, -0.05) is 17.7 Å². The number of aromatic nitrogens is 2. The average molecular weight is 697 g/mol. The predicted octanol–water partition coefficient (Wildman–Crippen LogP) is 6.53. The smallest absolute Gasteiger partial charge is 0.407 e. The van der Waals surface area contributed by atoms with Crippen LogP contribution < -0.4 is 24.8 Å². The Morgan fingerprint density at radius 2 is 1.55 bits per heavy atom. The Labute approximate surface area is 292 Å². The van der Waals surface area contributed by atoms with E-state index >= 15 is 0 Å². The number of hydrogen-bond acceptors (Lipinski definition) is 11. The van der Waals surface area contributed by atoms with Gasteiger partial charge in [-0.25, -0.2) is 4.79 Å². The van der Waals surface area contributed by atoms with Gasteiger partial charge in [0.1, 0.15) is 29.5 Å². The molecule has 13 heteroatoms. The third kappa shape index (κ3) is 12.2. The number of rotatable bonds is 19. The minimum absolute atomic E-state index is 0.346. The van der Waals surface area contributed by atoms with E-state index in [4.69, 9.17) is 44.8 Å². The molecule has 264 valence electrons. The van der Waals surface area contributed by atoms with Crippen molar-refractivity contribution in [1.29, 1.82) is 0 Å². The minimum Gasteiger partial charge on any atom is -0.497 e. The number of methoxy groups -OCH3 is 2. The van der Waals surface area contributed by atoms with Gasteiger partial charge in [-0.15, -0.1) is 0 Å². The molecule has 0 spiro atoms. The van der Waals surface area contributed by atoms with E-state index in [9.17, 15) is 4.79 Å². The monoisotopic (exact) mass is 696 g/mol. The van der Waals surface area contributed by atoms with Crippen molar-refractivity contribution in [2.45, 2.75) is 32.9 Å². The number of alkyl carbamates (subject to hydrolysis) is 1. The van der Waals surface area contributed by atoms with Gasteiger partial charge in [0.15, 0.2) is 0 Å². The van der Waals surface area contributed by atoms with Crippen molar-refractivity contribution in [3.63, 3.8) is 0 Å². The zero-order valence-electron chi connectivity index (χ0n) is 28.7. The molecule has 0 atom stereocenters. The number of hydrogen-bond donors (Lipinski definition) is 2. The second-order valence-corrected chi connectivity index (χ2v) is 12.2. The van der Waals surface area contributed by atoms with E-state index in [1.165, 1.54) is 0 Å². The molecule has 0 aliphatic rings. The quantitative estimate of drug-likeness (QED) is 0.104. The maximum absolute atomic E-state index is 11.6. The zero-order valence-corrected chi connectivity index (χ0v) is 29.4. The van der Waals surface area contributed by atoms with Gasteiger partial charge in [-0.3, -0.25) is 0 Å². The fourth-order valence-electron chi connectivity index (χ4n) is 4.70. The van der Waals surface area contributed by atoms with Gasteiger partial charge in [0.25, 0.3) is 0 Å². The van der Waals surface area contributed by atoms with E-state index in [-0.39, 0.29) is 0 Å². The number of anilines is 1. The lowest BCUT2D eigenvalue weighted by Gasteiger charge is -2.19. The number of benzene rings is 3. The Hall–Kier alpha value is -4.36. The SMILES string of the molecule is COc1ccc(CNc2cnnc3cc(-c4cc(Cl)ccc4OCCOCCOCCOCCNC(=O)OC(C)(C)C)ccc23)c(OC)c1. The van der Waals surface area contributed by atoms with E-state index in [0.29, 0.717) is 70.1 Å². The largest absolute Gasteiger partial charge is 0.497 e. The first-order valence-electron chi connectivity index (χ1n) is 16.0. The highest BCUT2D eigenvalue weighted by atomic mass is 35.5. The third-order valence-electron chi connectivity index (χ3n) is 7.00. The summed E-state index contributed by atoms with van der Waals surface area (Å²) in [4.78, 5) is 11.6. The molecule has 0 bridgehead atoms. The van der Waals surface area contributed by atoms with Crippen LogP contribution in [0.2, 0.25) is 5.02 Å². The van der Waals surface area contributed by atoms with Crippen molar-refractivity contribution in [1.82, 2.24) is 15.5 Å². The maximum atomic E-state index is 11.6. The second-order valence-electron chi connectivity index (χ2n) is 11.8. The van der Waals surface area contributed by atoms with Crippen LogP contribution >= 0.6 is 11.6 Å². The topological polar surface area (TPSA) is 132 Å². The Balaban J connectivity index is 1.21. The van der Waals surface area contributed by atoms with E-state index < -0.39 is 11.7 Å². The highest BCUT2D eigenvalue weighted by Crippen LogP contribution is 2.35. The Kier molecular flexibility index (Phi) is 14.5. The minimum atomic E-state index is -0.528. The fourth-order valence-corrected chi connectivity index (χ4v) is 4.87. The molecule has 0 radical (unpaired) electrons. The third-order valence-corrected chi connectivity index (χ3v) is 7.24. The lowest BCUT2D eigenvalue weighted by Crippen LogP contribution is -2.34. The van der Waals surface area contributed by atoms with Crippen LogP contribution in [0.3, 0.4) is 0 Å². The van der Waals surface area contributed by atoms with Gasteiger partial charge in [0, 0.05) is 40.7 Å². The number of carbonyl (C=O) groups excluding carboxylic acids is 1. The molecule has 1 amide bonds. The van der Waals surface area contributed by atoms with Crippen LogP contribution in [-0.2, 0) is 25.5 Å². The molecule has 4 aromatic rings. The van der Waals surface area contributed by atoms with E-state index in [1.54, 1.807) is 26.5 Å². The summed E-state index contributed by atoms with van der Waals surface area (Å²) in [5, 5.41) is 16.2. The highest BCUT2D eigenvalue weighted by molar-refractivity contribution is 6.31. The molecule has 0 saturated carbocycles. The number of nitrogens with one attached hydrogen (secondary N) is 2. The summed E-state index contributed by atoms with van der Waals surface area (Å²) >= 11 is 6.39. The molecule has 2 N–H and O–H groups in total. The van der Waals surface area contributed by atoms with Crippen LogP contribution in [-0.4, -0.2) is 88.9 Å². The molecule has 49 heavy (non-hydrogen) atoms. The lowest BCUT2D eigenvalue weighted by molar-refractivity contribution is 0.00907. The molecule has 0 aliphatic heterocycles. The predicted molar refractivity (Wildman–Crippen MR) is 189 cm³/mol. The molecule has 0 aliphatic carbocycles. The molecular weight excluding hydrogens is 652 g/mol. The molecule has 1 heterocycles. The lowest BCUT2D eigenvalue weighted by atomic mass is 10.0. The molecular formula is C36H45ClN4O8. The molecule has 1 aromatic heterocycles. The van der Waals surface area contributed by atoms with Gasteiger partial charge in [0.2, 0.25) is 0 Å². The van der Waals surface area contributed by atoms with Gasteiger partial charge < -0.3 is 43.8 Å². The zero-order chi connectivity index (χ0) is 35.1. The number of fused-ring (bicyclic) bond motifs is 1. The molecule has 0 fully saturated rings. The van der Waals surface area contributed by atoms with E-state index in [1.807, 2.05) is 69.3 Å². The van der Waals surface area contributed by atoms with E-state index in [2.05, 4.69) is 20.8 Å². The average Bonchev–Trinajstić information content (AvgIpc) is 3.08. The van der Waals surface area contributed by atoms with Crippen molar-refractivity contribution in [3.8, 4) is 28.4 Å². The highest BCUT2D eigenvalue weighted by Gasteiger charge is 2.15. The van der Waals surface area contributed by atoms with Crippen LogP contribution in [0.5, 0.6) is 17.2 Å². The number of amides is 1. The van der Waals surface area contributed by atoms with Gasteiger partial charge >= 0.3 is 6.09 Å². The maximum Gasteiger partial charge on any atom is 0.407 e. The molecule has 3 aromatic carbocycles. The first-order chi connectivity index (χ1) is 23.7. The molecule has 12 nitrogen and oxygen atoms in total. The van der Waals surface area contributed by atoms with Crippen molar-refractivity contribution in [3.05, 3.63) is 71.4 Å². The van der Waals surface area contributed by atoms with Crippen molar-refractivity contribution >= 4 is 34.3 Å². The summed E-state index contributed by atoms with van der Waals surface area (Å²) in [6, 6.07) is 17.2. The van der Waals surface area contributed by atoms with Crippen LogP contribution in [0.25, 0.3) is 22.0 Å². The summed E-state index contributed by atoms with van der Waals surface area (Å²) in [7, 11) is 3.26. The van der Waals surface area contributed by atoms with Gasteiger partial charge in [-0.2, -0.15) is 10.2 Å². The Bertz CT molecular complexity index is 1650. The normalized spacial score (nSPS) is 11.3. The Morgan fingerprint density at radius 1 is 0.816 bits per heavy atom. The molecule has 0 unspecified atom stereocenters. The molecule has 0 saturated heterocycles. The summed E-state index contributed by atoms with van der Waals surface area (Å²) < 4.78 is 38.8. The molecule has 4 rings (SSSR count). The number of nitrogens with zero attached hydrogens (tertiary/aromatic N) is 2. The number of halogens is 1. The summed E-state index contributed by atoms with van der Waals surface area (Å²) in [6.07, 6.45) is 1.25. The van der Waals surface area contributed by atoms with Crippen molar-refractivity contribution in [2.75, 3.05) is 72.3 Å².